The average Bonchev–Trinajstić information content (AvgIpc) is 2.31. The number of benzene rings is 1. The number of hydrogen-bond acceptors (Lipinski definition) is 2. The van der Waals surface area contributed by atoms with Crippen molar-refractivity contribution in [3.8, 4) is 0 Å². The average molecular weight is 250 g/mol. The summed E-state index contributed by atoms with van der Waals surface area (Å²) >= 11 is 0. The molecule has 2 rings (SSSR count). The monoisotopic (exact) mass is 250 g/mol. The fourth-order valence-corrected chi connectivity index (χ4v) is 2.74. The molecule has 1 saturated heterocycles. The van der Waals surface area contributed by atoms with Crippen molar-refractivity contribution in [2.24, 2.45) is 0 Å². The number of halogens is 1. The van der Waals surface area contributed by atoms with E-state index < -0.39 is 0 Å². The largest absolute Gasteiger partial charge is 0.312 e. The number of hydrogen-bond donors (Lipinski definition) is 1. The molecule has 1 unspecified atom stereocenters. The number of nitrogens with one attached hydrogen (secondary N) is 1. The van der Waals surface area contributed by atoms with Crippen LogP contribution in [0.5, 0.6) is 0 Å². The summed E-state index contributed by atoms with van der Waals surface area (Å²) in [6, 6.07) is 7.58. The molecule has 0 spiro atoms. The lowest BCUT2D eigenvalue weighted by Gasteiger charge is -2.40. The highest BCUT2D eigenvalue weighted by molar-refractivity contribution is 5.17. The van der Waals surface area contributed by atoms with Gasteiger partial charge in [0.2, 0.25) is 0 Å². The summed E-state index contributed by atoms with van der Waals surface area (Å²) in [5.74, 6) is -0.0995. The smallest absolute Gasteiger partial charge is 0.127 e. The first kappa shape index (κ1) is 13.5. The third kappa shape index (κ3) is 3.30. The number of piperidine rings is 1. The Morgan fingerprint density at radius 2 is 2.11 bits per heavy atom. The molecular formula is C15H23FN2. The maximum Gasteiger partial charge on any atom is 0.127 e. The zero-order valence-electron chi connectivity index (χ0n) is 11.5. The summed E-state index contributed by atoms with van der Waals surface area (Å²) < 4.78 is 13.6. The van der Waals surface area contributed by atoms with Gasteiger partial charge in [0.1, 0.15) is 5.82 Å². The quantitative estimate of drug-likeness (QED) is 0.887. The molecule has 0 radical (unpaired) electrons. The van der Waals surface area contributed by atoms with Crippen LogP contribution in [0.4, 0.5) is 4.39 Å². The van der Waals surface area contributed by atoms with E-state index in [0.717, 1.165) is 24.9 Å². The van der Waals surface area contributed by atoms with Crippen LogP contribution in [0.1, 0.15) is 32.3 Å². The van der Waals surface area contributed by atoms with E-state index in [0.29, 0.717) is 12.6 Å². The summed E-state index contributed by atoms with van der Waals surface area (Å²) in [4.78, 5) is 2.28. The summed E-state index contributed by atoms with van der Waals surface area (Å²) in [5, 5.41) is 3.52. The van der Waals surface area contributed by atoms with E-state index in [-0.39, 0.29) is 11.4 Å². The predicted molar refractivity (Wildman–Crippen MR) is 73.0 cm³/mol. The van der Waals surface area contributed by atoms with Gasteiger partial charge >= 0.3 is 0 Å². The van der Waals surface area contributed by atoms with Crippen LogP contribution in [0.2, 0.25) is 0 Å². The molecule has 18 heavy (non-hydrogen) atoms. The molecule has 1 aromatic rings. The van der Waals surface area contributed by atoms with Gasteiger partial charge in [-0.25, -0.2) is 4.39 Å². The van der Waals surface area contributed by atoms with E-state index in [1.807, 2.05) is 12.1 Å². The Hall–Kier alpha value is -0.930. The first-order chi connectivity index (χ1) is 8.48. The zero-order valence-corrected chi connectivity index (χ0v) is 11.5. The van der Waals surface area contributed by atoms with Crippen LogP contribution in [0, 0.1) is 5.82 Å². The number of rotatable bonds is 3. The summed E-state index contributed by atoms with van der Waals surface area (Å²) in [7, 11) is 2.10. The molecule has 3 heteroatoms. The SMILES string of the molecule is CN(Cc1ccccc1F)C1CCNC(C)(C)C1. The van der Waals surface area contributed by atoms with Crippen molar-refractivity contribution in [3.63, 3.8) is 0 Å². The van der Waals surface area contributed by atoms with Gasteiger partial charge < -0.3 is 5.32 Å². The lowest BCUT2D eigenvalue weighted by molar-refractivity contribution is 0.137. The van der Waals surface area contributed by atoms with E-state index in [1.165, 1.54) is 6.07 Å². The third-order valence-corrected chi connectivity index (χ3v) is 3.83. The van der Waals surface area contributed by atoms with Gasteiger partial charge in [-0.2, -0.15) is 0 Å². The van der Waals surface area contributed by atoms with Crippen molar-refractivity contribution in [1.29, 1.82) is 0 Å². The maximum atomic E-state index is 13.6. The van der Waals surface area contributed by atoms with Gasteiger partial charge in [0.05, 0.1) is 0 Å². The minimum Gasteiger partial charge on any atom is -0.312 e. The second-order valence-electron chi connectivity index (χ2n) is 5.96. The molecule has 0 saturated carbocycles. The van der Waals surface area contributed by atoms with Gasteiger partial charge in [-0.15, -0.1) is 0 Å². The topological polar surface area (TPSA) is 15.3 Å². The minimum absolute atomic E-state index is 0.0995. The molecule has 0 aliphatic carbocycles. The Kier molecular flexibility index (Phi) is 4.03. The molecular weight excluding hydrogens is 227 g/mol. The summed E-state index contributed by atoms with van der Waals surface area (Å²) in [5.41, 5.74) is 0.975. The normalized spacial score (nSPS) is 23.3. The minimum atomic E-state index is -0.0995. The Balaban J connectivity index is 2.00. The first-order valence-electron chi connectivity index (χ1n) is 6.67. The molecule has 0 aromatic heterocycles. The molecule has 0 amide bonds. The Bertz CT molecular complexity index is 403. The Morgan fingerprint density at radius 3 is 2.78 bits per heavy atom. The molecule has 1 atom stereocenters. The molecule has 2 nitrogen and oxygen atoms in total. The lowest BCUT2D eigenvalue weighted by atomic mass is 9.88. The van der Waals surface area contributed by atoms with E-state index in [1.54, 1.807) is 6.07 Å². The van der Waals surface area contributed by atoms with Gasteiger partial charge in [-0.3, -0.25) is 4.90 Å². The highest BCUT2D eigenvalue weighted by Gasteiger charge is 2.29. The first-order valence-corrected chi connectivity index (χ1v) is 6.67. The molecule has 0 bridgehead atoms. The van der Waals surface area contributed by atoms with Crippen molar-refractivity contribution in [2.75, 3.05) is 13.6 Å². The van der Waals surface area contributed by atoms with Crippen LogP contribution >= 0.6 is 0 Å². The van der Waals surface area contributed by atoms with E-state index in [9.17, 15) is 4.39 Å². The molecule has 1 aliphatic heterocycles. The summed E-state index contributed by atoms with van der Waals surface area (Å²) in [6.45, 7) is 6.19. The summed E-state index contributed by atoms with van der Waals surface area (Å²) in [6.07, 6.45) is 2.24. The van der Waals surface area contributed by atoms with Crippen LogP contribution in [0.25, 0.3) is 0 Å². The Morgan fingerprint density at radius 1 is 1.39 bits per heavy atom. The van der Waals surface area contributed by atoms with Crippen LogP contribution < -0.4 is 5.32 Å². The molecule has 1 N–H and O–H groups in total. The second kappa shape index (κ2) is 5.37. The third-order valence-electron chi connectivity index (χ3n) is 3.83. The highest BCUT2D eigenvalue weighted by Crippen LogP contribution is 2.23. The van der Waals surface area contributed by atoms with Crippen LogP contribution in [0.3, 0.4) is 0 Å². The molecule has 1 aliphatic rings. The van der Waals surface area contributed by atoms with E-state index >= 15 is 0 Å². The standard InChI is InChI=1S/C15H23FN2/c1-15(2)10-13(8-9-17-15)18(3)11-12-6-4-5-7-14(12)16/h4-7,13,17H,8-11H2,1-3H3. The van der Waals surface area contributed by atoms with Gasteiger partial charge in [0, 0.05) is 23.7 Å². The Labute approximate surface area is 109 Å². The molecule has 1 fully saturated rings. The fourth-order valence-electron chi connectivity index (χ4n) is 2.74. The van der Waals surface area contributed by atoms with Crippen LogP contribution in [-0.2, 0) is 6.54 Å². The lowest BCUT2D eigenvalue weighted by Crippen LogP contribution is -2.52. The van der Waals surface area contributed by atoms with Crippen molar-refractivity contribution in [1.82, 2.24) is 10.2 Å². The molecule has 1 aromatic carbocycles. The van der Waals surface area contributed by atoms with Crippen LogP contribution in [-0.4, -0.2) is 30.1 Å². The van der Waals surface area contributed by atoms with Crippen molar-refractivity contribution < 1.29 is 4.39 Å². The highest BCUT2D eigenvalue weighted by atomic mass is 19.1. The van der Waals surface area contributed by atoms with Crippen molar-refractivity contribution >= 4 is 0 Å². The molecule has 1 heterocycles. The van der Waals surface area contributed by atoms with Gasteiger partial charge in [0.25, 0.3) is 0 Å². The van der Waals surface area contributed by atoms with Crippen LogP contribution in [0.15, 0.2) is 24.3 Å². The molecule has 100 valence electrons. The van der Waals surface area contributed by atoms with Crippen molar-refractivity contribution in [3.05, 3.63) is 35.6 Å². The van der Waals surface area contributed by atoms with Gasteiger partial charge in [0.15, 0.2) is 0 Å². The van der Waals surface area contributed by atoms with E-state index in [4.69, 9.17) is 0 Å². The predicted octanol–water partition coefficient (Wildman–Crippen LogP) is 2.79. The van der Waals surface area contributed by atoms with Gasteiger partial charge in [-0.1, -0.05) is 18.2 Å². The number of nitrogens with zero attached hydrogens (tertiary/aromatic N) is 1. The fraction of sp³-hybridized carbons (Fsp3) is 0.600. The maximum absolute atomic E-state index is 13.6. The van der Waals surface area contributed by atoms with Crippen molar-refractivity contribution in [2.45, 2.75) is 44.8 Å². The van der Waals surface area contributed by atoms with E-state index in [2.05, 4.69) is 31.1 Å². The second-order valence-corrected chi connectivity index (χ2v) is 5.96. The van der Waals surface area contributed by atoms with Gasteiger partial charge in [-0.05, 0) is 46.3 Å². The zero-order chi connectivity index (χ0) is 13.2.